The van der Waals surface area contributed by atoms with Crippen LogP contribution >= 0.6 is 0 Å². The van der Waals surface area contributed by atoms with Crippen LogP contribution in [0.4, 0.5) is 0 Å². The number of hydrogen-bond donors (Lipinski definition) is 0. The van der Waals surface area contributed by atoms with Gasteiger partial charge < -0.3 is 14.4 Å². The third-order valence-corrected chi connectivity index (χ3v) is 8.25. The van der Waals surface area contributed by atoms with Gasteiger partial charge in [0.15, 0.2) is 0 Å². The number of furan rings is 1. The van der Waals surface area contributed by atoms with Crippen molar-refractivity contribution in [2.45, 2.75) is 53.6 Å². The summed E-state index contributed by atoms with van der Waals surface area (Å²) in [6, 6.07) is 42.0. The van der Waals surface area contributed by atoms with Crippen LogP contribution in [-0.4, -0.2) is 15.0 Å². The van der Waals surface area contributed by atoms with E-state index in [2.05, 4.69) is 27.1 Å². The maximum atomic E-state index is 8.64. The van der Waals surface area contributed by atoms with Gasteiger partial charge >= 0.3 is 0 Å². The summed E-state index contributed by atoms with van der Waals surface area (Å²) in [6.07, 6.45) is 0.235. The van der Waals surface area contributed by atoms with Crippen LogP contribution in [0.25, 0.3) is 55.7 Å². The number of aryl methyl sites for hydroxylation is 4. The molecule has 267 valence electrons. The molecular weight excluding hydrogens is 827 g/mol. The molecule has 0 saturated heterocycles. The van der Waals surface area contributed by atoms with Crippen LogP contribution in [0.3, 0.4) is 0 Å². The van der Waals surface area contributed by atoms with E-state index in [4.69, 9.17) is 18.1 Å². The smallest absolute Gasteiger partial charge is 0.216 e. The van der Waals surface area contributed by atoms with Crippen molar-refractivity contribution >= 4 is 22.1 Å². The Kier molecular flexibility index (Phi) is 8.32. The normalized spacial score (nSPS) is 15.0. The van der Waals surface area contributed by atoms with E-state index in [9.17, 15) is 0 Å². The second kappa shape index (κ2) is 16.6. The largest absolute Gasteiger partial charge is 0.486 e. The maximum Gasteiger partial charge on any atom is 0.216 e. The zero-order valence-corrected chi connectivity index (χ0v) is 31.9. The van der Waals surface area contributed by atoms with E-state index in [0.717, 1.165) is 16.5 Å². The molecule has 4 nitrogen and oxygen atoms in total. The van der Waals surface area contributed by atoms with Gasteiger partial charge in [0.05, 0.1) is 5.58 Å². The SMILES string of the molecule is [2H]C([2H])([2H])c1c[c-]c(-c2ccc(C([2H])([2H])C(C)(C)C)cn2)cc1-c1ccccc1.[2H]C([2H])([2H])c1ccc2c(n1)oc1c(-c3cc(C([2H])([2H])Cc4ccccc4)ccn3)[c-]ccc12.[Ir]. The van der Waals surface area contributed by atoms with E-state index in [0.29, 0.717) is 50.2 Å². The maximum absolute atomic E-state index is 8.64. The van der Waals surface area contributed by atoms with Crippen molar-refractivity contribution in [1.82, 2.24) is 15.0 Å². The van der Waals surface area contributed by atoms with E-state index in [1.54, 1.807) is 54.9 Å². The molecule has 0 N–H and O–H groups in total. The molecule has 8 rings (SSSR count). The number of pyridine rings is 3. The fourth-order valence-electron chi connectivity index (χ4n) is 5.85. The third-order valence-electron chi connectivity index (χ3n) is 8.25. The Hall–Kier alpha value is -5.22. The van der Waals surface area contributed by atoms with Crippen molar-refractivity contribution in [3.63, 3.8) is 0 Å². The van der Waals surface area contributed by atoms with Crippen molar-refractivity contribution in [1.29, 1.82) is 0 Å². The Bertz CT molecular complexity index is 2840. The van der Waals surface area contributed by atoms with Gasteiger partial charge in [0, 0.05) is 57.3 Å². The summed E-state index contributed by atoms with van der Waals surface area (Å²) < 4.78 is 86.4. The summed E-state index contributed by atoms with van der Waals surface area (Å²) in [7, 11) is 0. The Morgan fingerprint density at radius 1 is 0.755 bits per heavy atom. The summed E-state index contributed by atoms with van der Waals surface area (Å²) in [5, 5.41) is 1.46. The van der Waals surface area contributed by atoms with Gasteiger partial charge in [-0.25, -0.2) is 4.98 Å². The second-order valence-electron chi connectivity index (χ2n) is 13.4. The van der Waals surface area contributed by atoms with E-state index in [1.165, 1.54) is 12.1 Å². The van der Waals surface area contributed by atoms with Gasteiger partial charge in [0.25, 0.3) is 0 Å². The molecule has 4 aromatic carbocycles. The molecule has 0 atom stereocenters. The van der Waals surface area contributed by atoms with Crippen molar-refractivity contribution < 1.29 is 38.2 Å². The minimum absolute atomic E-state index is 0. The van der Waals surface area contributed by atoms with Crippen molar-refractivity contribution in [2.75, 3.05) is 0 Å². The van der Waals surface area contributed by atoms with Crippen LogP contribution in [0.5, 0.6) is 0 Å². The average Bonchev–Trinajstić information content (AvgIpc) is 3.62. The Balaban J connectivity index is 0.000000208. The molecule has 0 fully saturated rings. The molecule has 0 unspecified atom stereocenters. The summed E-state index contributed by atoms with van der Waals surface area (Å²) in [4.78, 5) is 13.1. The minimum atomic E-state index is -2.33. The van der Waals surface area contributed by atoms with Crippen LogP contribution in [0.2, 0.25) is 0 Å². The number of nitrogens with zero attached hydrogens (tertiary/aromatic N) is 3. The minimum Gasteiger partial charge on any atom is -0.486 e. The zero-order chi connectivity index (χ0) is 44.7. The van der Waals surface area contributed by atoms with Crippen LogP contribution in [-0.2, 0) is 39.3 Å². The fraction of sp³-hybridized carbons (Fsp3) is 0.188. The van der Waals surface area contributed by atoms with Gasteiger partial charge in [-0.2, -0.15) is 0 Å². The number of benzene rings is 4. The van der Waals surface area contributed by atoms with Crippen LogP contribution < -0.4 is 0 Å². The molecular formula is C48H43IrN3O-2. The van der Waals surface area contributed by atoms with Gasteiger partial charge in [0.2, 0.25) is 5.71 Å². The molecule has 4 aromatic heterocycles. The monoisotopic (exact) mass is 880 g/mol. The molecule has 0 aliphatic rings. The molecule has 1 radical (unpaired) electrons. The molecule has 5 heteroatoms. The quantitative estimate of drug-likeness (QED) is 0.150. The fourth-order valence-corrected chi connectivity index (χ4v) is 5.85. The van der Waals surface area contributed by atoms with Crippen LogP contribution in [0, 0.1) is 31.3 Å². The van der Waals surface area contributed by atoms with Gasteiger partial charge in [0.1, 0.15) is 0 Å². The molecule has 0 saturated carbocycles. The zero-order valence-electron chi connectivity index (χ0n) is 39.5. The molecule has 53 heavy (non-hydrogen) atoms. The van der Waals surface area contributed by atoms with Crippen molar-refractivity contribution in [3.05, 3.63) is 174 Å². The van der Waals surface area contributed by atoms with E-state index in [1.807, 2.05) is 87.5 Å². The first kappa shape index (κ1) is 26.5. The summed E-state index contributed by atoms with van der Waals surface area (Å²) in [5.41, 5.74) is 6.08. The first-order valence-electron chi connectivity index (χ1n) is 22.0. The van der Waals surface area contributed by atoms with E-state index in [-0.39, 0.29) is 43.5 Å². The molecule has 0 spiro atoms. The molecule has 0 amide bonds. The molecule has 8 aromatic rings. The molecule has 4 heterocycles. The summed E-state index contributed by atoms with van der Waals surface area (Å²) >= 11 is 0. The molecule has 0 bridgehead atoms. The first-order chi connectivity index (χ1) is 29.1. The summed E-state index contributed by atoms with van der Waals surface area (Å²) in [6.45, 7) is 0.986. The van der Waals surface area contributed by atoms with E-state index < -0.39 is 31.9 Å². The predicted molar refractivity (Wildman–Crippen MR) is 214 cm³/mol. The Morgan fingerprint density at radius 2 is 1.57 bits per heavy atom. The van der Waals surface area contributed by atoms with Crippen molar-refractivity contribution in [2.24, 2.45) is 5.41 Å². The van der Waals surface area contributed by atoms with Gasteiger partial charge in [-0.3, -0.25) is 0 Å². The van der Waals surface area contributed by atoms with Crippen LogP contribution in [0.15, 0.2) is 138 Å². The standard InChI is InChI=1S/C25H19N2O.C23H24N.Ir/c1-17-10-13-21-20-8-5-9-22(24(20)28-25(21)27-17)23-16-19(14-15-26-23)12-11-18-6-3-2-4-7-18;1-17-10-12-20(14-21(17)19-8-6-5-7-9-19)22-13-11-18(16-24-22)15-23(2,3)4;/h2-8,10,13-16H,11-12H2,1H3;5-11,13-14,16H,15H2,1-4H3;/q2*-1;/i1D3,12D2;1D3,15D2;. The number of aromatic nitrogens is 3. The molecule has 0 aliphatic carbocycles. The Morgan fingerprint density at radius 3 is 2.30 bits per heavy atom. The van der Waals surface area contributed by atoms with Crippen molar-refractivity contribution in [3.8, 4) is 33.6 Å². The third kappa shape index (κ3) is 9.24. The number of fused-ring (bicyclic) bond motifs is 3. The summed E-state index contributed by atoms with van der Waals surface area (Å²) in [5.74, 6) is 0. The first-order valence-corrected chi connectivity index (χ1v) is 17.0. The van der Waals surface area contributed by atoms with Gasteiger partial charge in [-0.15, -0.1) is 47.5 Å². The topological polar surface area (TPSA) is 51.8 Å². The van der Waals surface area contributed by atoms with Crippen LogP contribution in [0.1, 0.15) is 62.4 Å². The van der Waals surface area contributed by atoms with Gasteiger partial charge in [-0.1, -0.05) is 129 Å². The van der Waals surface area contributed by atoms with E-state index >= 15 is 0 Å². The molecule has 0 aliphatic heterocycles. The predicted octanol–water partition coefficient (Wildman–Crippen LogP) is 12.0. The number of rotatable bonds is 7. The van der Waals surface area contributed by atoms with Gasteiger partial charge in [-0.05, 0) is 77.7 Å². The second-order valence-corrected chi connectivity index (χ2v) is 13.4. The average molecular weight is 880 g/mol. The number of hydrogen-bond acceptors (Lipinski definition) is 4. The Labute approximate surface area is 340 Å².